The molecule has 182 valence electrons. The molecule has 2 aromatic carbocycles. The van der Waals surface area contributed by atoms with Crippen molar-refractivity contribution < 1.29 is 21.6 Å². The highest BCUT2D eigenvalue weighted by atomic mass is 32.2. The summed E-state index contributed by atoms with van der Waals surface area (Å²) >= 11 is 0. The van der Waals surface area contributed by atoms with Crippen LogP contribution in [-0.4, -0.2) is 54.0 Å². The number of rotatable bonds is 10. The zero-order chi connectivity index (χ0) is 24.1. The second kappa shape index (κ2) is 10.9. The molecule has 10 heteroatoms. The molecule has 3 rings (SSSR count). The molecule has 0 saturated carbocycles. The van der Waals surface area contributed by atoms with Crippen LogP contribution in [0.3, 0.4) is 0 Å². The number of ether oxygens (including phenoxy) is 1. The van der Waals surface area contributed by atoms with E-state index in [1.54, 1.807) is 30.3 Å². The fourth-order valence-corrected chi connectivity index (χ4v) is 6.00. The first kappa shape index (κ1) is 25.5. The van der Waals surface area contributed by atoms with Gasteiger partial charge in [-0.05, 0) is 48.2 Å². The van der Waals surface area contributed by atoms with Crippen LogP contribution in [-0.2, 0) is 24.8 Å². The number of sulfonamides is 2. The van der Waals surface area contributed by atoms with Gasteiger partial charge in [-0.1, -0.05) is 39.3 Å². The first-order chi connectivity index (χ1) is 15.6. The van der Waals surface area contributed by atoms with Crippen molar-refractivity contribution in [2.24, 2.45) is 0 Å². The fourth-order valence-electron chi connectivity index (χ4n) is 3.49. The Morgan fingerprint density at radius 3 is 2.18 bits per heavy atom. The highest BCUT2D eigenvalue weighted by Crippen LogP contribution is 2.30. The third kappa shape index (κ3) is 6.26. The maximum atomic E-state index is 13.1. The van der Waals surface area contributed by atoms with Gasteiger partial charge in [0.1, 0.15) is 0 Å². The molecule has 8 nitrogen and oxygen atoms in total. The Labute approximate surface area is 197 Å². The lowest BCUT2D eigenvalue weighted by atomic mass is 10.0. The summed E-state index contributed by atoms with van der Waals surface area (Å²) in [4.78, 5) is 0.158. The Hall–Kier alpha value is -2.14. The van der Waals surface area contributed by atoms with Crippen LogP contribution in [0.25, 0.3) is 0 Å². The van der Waals surface area contributed by atoms with Crippen LogP contribution < -0.4 is 10.0 Å². The standard InChI is InChI=1S/C23H33N3O5S2/c1-4-5-12-24-22-11-10-21(33(29,30)26-13-15-31-16-14-26)17-23(22)25-32(27,28)20-8-6-19(7-9-20)18(2)3/h6-11,17-18,24-25H,4-5,12-16H2,1-3H3. The number of morpholine rings is 1. The number of hydrogen-bond acceptors (Lipinski definition) is 6. The zero-order valence-electron chi connectivity index (χ0n) is 19.4. The summed E-state index contributed by atoms with van der Waals surface area (Å²) in [6.07, 6.45) is 1.87. The Morgan fingerprint density at radius 1 is 0.939 bits per heavy atom. The zero-order valence-corrected chi connectivity index (χ0v) is 21.0. The average molecular weight is 496 g/mol. The Balaban J connectivity index is 1.95. The quantitative estimate of drug-likeness (QED) is 0.485. The second-order valence-corrected chi connectivity index (χ2v) is 12.0. The third-order valence-electron chi connectivity index (χ3n) is 5.55. The molecule has 2 aromatic rings. The molecule has 1 fully saturated rings. The highest BCUT2D eigenvalue weighted by molar-refractivity contribution is 7.92. The second-order valence-electron chi connectivity index (χ2n) is 8.33. The molecule has 0 bridgehead atoms. The van der Waals surface area contributed by atoms with Crippen molar-refractivity contribution in [3.05, 3.63) is 48.0 Å². The van der Waals surface area contributed by atoms with Gasteiger partial charge in [-0.15, -0.1) is 0 Å². The molecule has 1 saturated heterocycles. The minimum Gasteiger partial charge on any atom is -0.383 e. The normalized spacial score (nSPS) is 15.5. The largest absolute Gasteiger partial charge is 0.383 e. The number of nitrogens with one attached hydrogen (secondary N) is 2. The summed E-state index contributed by atoms with van der Waals surface area (Å²) in [5, 5.41) is 3.22. The van der Waals surface area contributed by atoms with Crippen molar-refractivity contribution in [1.82, 2.24) is 4.31 Å². The van der Waals surface area contributed by atoms with E-state index >= 15 is 0 Å². The van der Waals surface area contributed by atoms with Crippen molar-refractivity contribution >= 4 is 31.4 Å². The lowest BCUT2D eigenvalue weighted by Crippen LogP contribution is -2.40. The molecule has 0 radical (unpaired) electrons. The molecule has 0 aliphatic carbocycles. The summed E-state index contributed by atoms with van der Waals surface area (Å²) in [5.74, 6) is 0.283. The lowest BCUT2D eigenvalue weighted by molar-refractivity contribution is 0.0730. The molecule has 0 atom stereocenters. The van der Waals surface area contributed by atoms with Crippen LogP contribution in [0.1, 0.15) is 45.1 Å². The van der Waals surface area contributed by atoms with Gasteiger partial charge < -0.3 is 10.1 Å². The Bertz CT molecular complexity index is 1140. The van der Waals surface area contributed by atoms with Gasteiger partial charge in [0.25, 0.3) is 10.0 Å². The average Bonchev–Trinajstić information content (AvgIpc) is 2.80. The van der Waals surface area contributed by atoms with Gasteiger partial charge in [0.2, 0.25) is 10.0 Å². The van der Waals surface area contributed by atoms with E-state index in [0.717, 1.165) is 18.4 Å². The number of benzene rings is 2. The van der Waals surface area contributed by atoms with Gasteiger partial charge >= 0.3 is 0 Å². The van der Waals surface area contributed by atoms with Gasteiger partial charge in [-0.2, -0.15) is 4.31 Å². The van der Waals surface area contributed by atoms with Crippen molar-refractivity contribution in [3.63, 3.8) is 0 Å². The number of anilines is 2. The molecule has 1 aliphatic rings. The van der Waals surface area contributed by atoms with Crippen LogP contribution in [0, 0.1) is 0 Å². The van der Waals surface area contributed by atoms with E-state index in [9.17, 15) is 16.8 Å². The molecule has 2 N–H and O–H groups in total. The summed E-state index contributed by atoms with van der Waals surface area (Å²) in [7, 11) is -7.69. The number of nitrogens with zero attached hydrogens (tertiary/aromatic N) is 1. The van der Waals surface area contributed by atoms with Gasteiger partial charge in [-0.25, -0.2) is 16.8 Å². The Morgan fingerprint density at radius 2 is 1.58 bits per heavy atom. The number of unbranched alkanes of at least 4 members (excludes halogenated alkanes) is 1. The van der Waals surface area contributed by atoms with Gasteiger partial charge in [0.15, 0.2) is 0 Å². The van der Waals surface area contributed by atoms with Crippen LogP contribution in [0.4, 0.5) is 11.4 Å². The first-order valence-corrected chi connectivity index (χ1v) is 14.2. The van der Waals surface area contributed by atoms with Crippen molar-refractivity contribution in [3.8, 4) is 0 Å². The highest BCUT2D eigenvalue weighted by Gasteiger charge is 2.27. The van der Waals surface area contributed by atoms with E-state index < -0.39 is 20.0 Å². The van der Waals surface area contributed by atoms with Crippen molar-refractivity contribution in [2.75, 3.05) is 42.9 Å². The maximum Gasteiger partial charge on any atom is 0.261 e. The van der Waals surface area contributed by atoms with Gasteiger partial charge in [-0.3, -0.25) is 4.72 Å². The molecular formula is C23H33N3O5S2. The third-order valence-corrected chi connectivity index (χ3v) is 8.82. The monoisotopic (exact) mass is 495 g/mol. The van der Waals surface area contributed by atoms with Crippen molar-refractivity contribution in [1.29, 1.82) is 0 Å². The summed E-state index contributed by atoms with van der Waals surface area (Å²) in [6.45, 7) is 7.98. The van der Waals surface area contributed by atoms with E-state index in [1.165, 1.54) is 16.4 Å². The van der Waals surface area contributed by atoms with Crippen LogP contribution in [0.5, 0.6) is 0 Å². The van der Waals surface area contributed by atoms with Gasteiger partial charge in [0, 0.05) is 19.6 Å². The van der Waals surface area contributed by atoms with E-state index in [1.807, 2.05) is 13.8 Å². The molecule has 0 amide bonds. The molecule has 1 aliphatic heterocycles. The van der Waals surface area contributed by atoms with Crippen molar-refractivity contribution in [2.45, 2.75) is 49.3 Å². The van der Waals surface area contributed by atoms with Crippen LogP contribution >= 0.6 is 0 Å². The summed E-state index contributed by atoms with van der Waals surface area (Å²) in [5.41, 5.74) is 1.77. The molecular weight excluding hydrogens is 462 g/mol. The molecule has 0 unspecified atom stereocenters. The van der Waals surface area contributed by atoms with E-state index in [2.05, 4.69) is 17.0 Å². The Kier molecular flexibility index (Phi) is 8.38. The fraction of sp³-hybridized carbons (Fsp3) is 0.478. The summed E-state index contributed by atoms with van der Waals surface area (Å²) in [6, 6.07) is 11.2. The molecule has 1 heterocycles. The molecule has 33 heavy (non-hydrogen) atoms. The maximum absolute atomic E-state index is 13.1. The molecule has 0 aromatic heterocycles. The smallest absolute Gasteiger partial charge is 0.261 e. The SMILES string of the molecule is CCCCNc1ccc(S(=O)(=O)N2CCOCC2)cc1NS(=O)(=O)c1ccc(C(C)C)cc1. The molecule has 0 spiro atoms. The van der Waals surface area contributed by atoms with E-state index in [4.69, 9.17) is 4.74 Å². The van der Waals surface area contributed by atoms with Gasteiger partial charge in [0.05, 0.1) is 34.4 Å². The topological polar surface area (TPSA) is 105 Å². The lowest BCUT2D eigenvalue weighted by Gasteiger charge is -2.26. The van der Waals surface area contributed by atoms with E-state index in [-0.39, 0.29) is 34.5 Å². The minimum absolute atomic E-state index is 0.0401. The van der Waals surface area contributed by atoms with Crippen LogP contribution in [0.2, 0.25) is 0 Å². The van der Waals surface area contributed by atoms with E-state index in [0.29, 0.717) is 25.4 Å². The predicted octanol–water partition coefficient (Wildman–Crippen LogP) is 3.84. The predicted molar refractivity (Wildman–Crippen MR) is 131 cm³/mol. The minimum atomic E-state index is -3.91. The van der Waals surface area contributed by atoms with Crippen LogP contribution in [0.15, 0.2) is 52.3 Å². The number of hydrogen-bond donors (Lipinski definition) is 2. The first-order valence-electron chi connectivity index (χ1n) is 11.2. The summed E-state index contributed by atoms with van der Waals surface area (Å²) < 4.78 is 61.7.